The fourth-order valence-electron chi connectivity index (χ4n) is 5.19. The van der Waals surface area contributed by atoms with E-state index in [0.717, 1.165) is 27.1 Å². The van der Waals surface area contributed by atoms with Gasteiger partial charge in [-0.25, -0.2) is 9.79 Å². The van der Waals surface area contributed by atoms with Crippen LogP contribution in [-0.4, -0.2) is 23.4 Å². The molecule has 6 nitrogen and oxygen atoms in total. The molecule has 46 heavy (non-hydrogen) atoms. The molecule has 5 aromatic rings. The van der Waals surface area contributed by atoms with Crippen LogP contribution >= 0.6 is 46.3 Å². The highest BCUT2D eigenvalue weighted by Gasteiger charge is 2.35. The zero-order valence-corrected chi connectivity index (χ0v) is 28.1. The van der Waals surface area contributed by atoms with Gasteiger partial charge in [0.05, 0.1) is 28.5 Å². The van der Waals surface area contributed by atoms with Gasteiger partial charge < -0.3 is 9.47 Å². The Kier molecular flexibility index (Phi) is 9.80. The molecule has 1 aromatic heterocycles. The monoisotopic (exact) mass is 686 g/mol. The lowest BCUT2D eigenvalue weighted by Crippen LogP contribution is -2.40. The topological polar surface area (TPSA) is 69.9 Å². The van der Waals surface area contributed by atoms with Crippen LogP contribution in [-0.2, 0) is 16.1 Å². The highest BCUT2D eigenvalue weighted by molar-refractivity contribution is 7.98. The Bertz CT molecular complexity index is 2120. The van der Waals surface area contributed by atoms with E-state index >= 15 is 0 Å². The summed E-state index contributed by atoms with van der Waals surface area (Å²) in [5.74, 6) is 0.110. The minimum absolute atomic E-state index is 0.190. The van der Waals surface area contributed by atoms with Crippen LogP contribution in [0.4, 0.5) is 0 Å². The summed E-state index contributed by atoms with van der Waals surface area (Å²) in [5, 5.41) is 1.08. The van der Waals surface area contributed by atoms with Gasteiger partial charge in [-0.05, 0) is 66.8 Å². The number of nitrogens with zero attached hydrogens (tertiary/aromatic N) is 2. The molecule has 1 atom stereocenters. The smallest absolute Gasteiger partial charge is 0.338 e. The van der Waals surface area contributed by atoms with Gasteiger partial charge in [0.25, 0.3) is 5.56 Å². The highest BCUT2D eigenvalue weighted by Crippen LogP contribution is 2.35. The lowest BCUT2D eigenvalue weighted by atomic mass is 9.93. The van der Waals surface area contributed by atoms with Gasteiger partial charge in [-0.1, -0.05) is 95.2 Å². The summed E-state index contributed by atoms with van der Waals surface area (Å²) in [6.07, 6.45) is 3.82. The van der Waals surface area contributed by atoms with E-state index in [2.05, 4.69) is 0 Å². The summed E-state index contributed by atoms with van der Waals surface area (Å²) in [6.45, 7) is 2.21. The molecular formula is C36H28Cl2N2O4S2. The van der Waals surface area contributed by atoms with E-state index in [1.165, 1.54) is 11.3 Å². The van der Waals surface area contributed by atoms with Crippen LogP contribution in [0.25, 0.3) is 11.8 Å². The number of benzene rings is 4. The number of hydrogen-bond donors (Lipinski definition) is 0. The Morgan fingerprint density at radius 2 is 1.78 bits per heavy atom. The molecule has 0 spiro atoms. The maximum atomic E-state index is 14.2. The highest BCUT2D eigenvalue weighted by atomic mass is 35.5. The summed E-state index contributed by atoms with van der Waals surface area (Å²) in [5.41, 5.74) is 3.69. The molecule has 6 rings (SSSR count). The maximum absolute atomic E-state index is 14.2. The molecule has 0 unspecified atom stereocenters. The summed E-state index contributed by atoms with van der Waals surface area (Å²) in [6, 6.07) is 29.4. The van der Waals surface area contributed by atoms with Gasteiger partial charge in [-0.3, -0.25) is 9.36 Å². The van der Waals surface area contributed by atoms with Crippen LogP contribution < -0.4 is 19.6 Å². The molecule has 0 fully saturated rings. The lowest BCUT2D eigenvalue weighted by molar-refractivity contribution is -0.138. The quantitative estimate of drug-likeness (QED) is 0.118. The van der Waals surface area contributed by atoms with Crippen molar-refractivity contribution >= 4 is 64.0 Å². The van der Waals surface area contributed by atoms with E-state index in [1.807, 2.05) is 97.3 Å². The van der Waals surface area contributed by atoms with E-state index in [4.69, 9.17) is 37.7 Å². The fraction of sp³-hybridized carbons (Fsp3) is 0.139. The van der Waals surface area contributed by atoms with E-state index in [-0.39, 0.29) is 18.8 Å². The van der Waals surface area contributed by atoms with Crippen molar-refractivity contribution in [2.75, 3.05) is 12.9 Å². The predicted octanol–water partition coefficient (Wildman–Crippen LogP) is 7.54. The zero-order valence-electron chi connectivity index (χ0n) is 24.9. The van der Waals surface area contributed by atoms with E-state index in [1.54, 1.807) is 35.4 Å². The molecule has 10 heteroatoms. The van der Waals surface area contributed by atoms with Crippen LogP contribution in [0.3, 0.4) is 0 Å². The maximum Gasteiger partial charge on any atom is 0.338 e. The van der Waals surface area contributed by atoms with Crippen LogP contribution in [0.1, 0.15) is 35.2 Å². The average Bonchev–Trinajstić information content (AvgIpc) is 3.38. The minimum atomic E-state index is -0.734. The molecule has 0 radical (unpaired) electrons. The first-order valence-corrected chi connectivity index (χ1v) is 17.2. The van der Waals surface area contributed by atoms with Crippen LogP contribution in [0.2, 0.25) is 10.0 Å². The minimum Gasteiger partial charge on any atom is -0.489 e. The van der Waals surface area contributed by atoms with Crippen LogP contribution in [0.5, 0.6) is 5.75 Å². The van der Waals surface area contributed by atoms with Crippen molar-refractivity contribution in [1.82, 2.24) is 4.57 Å². The Balaban J connectivity index is 1.46. The largest absolute Gasteiger partial charge is 0.489 e. The number of esters is 1. The number of aromatic nitrogens is 1. The second kappa shape index (κ2) is 14.1. The third kappa shape index (κ3) is 6.71. The lowest BCUT2D eigenvalue weighted by Gasteiger charge is -2.26. The predicted molar refractivity (Wildman–Crippen MR) is 187 cm³/mol. The fourth-order valence-corrected chi connectivity index (χ4v) is 7.06. The standard InChI is InChI=1S/C36H28Cl2N2O4S2/c1-3-43-35(42)31-32(23-9-5-4-6-10-23)39-36-40(33(31)24-13-16-28(45-2)17-14-24)34(41)30(46-36)19-22-8-7-11-27(18-22)44-21-25-12-15-26(37)20-29(25)38/h4-20,33H,3,21H2,1-2H3/b30-19-/t33-/m0/s1. The third-order valence-electron chi connectivity index (χ3n) is 7.37. The first-order valence-electron chi connectivity index (χ1n) is 14.5. The number of carbonyl (C=O) groups excluding carboxylic acids is 1. The van der Waals surface area contributed by atoms with Gasteiger partial charge in [-0.2, -0.15) is 0 Å². The second-order valence-corrected chi connectivity index (χ2v) is 13.0. The Hall–Kier alpha value is -4.08. The number of rotatable bonds is 9. The molecular weight excluding hydrogens is 659 g/mol. The Morgan fingerprint density at radius 1 is 1.00 bits per heavy atom. The van der Waals surface area contributed by atoms with Gasteiger partial charge in [0.1, 0.15) is 12.4 Å². The number of thiazole rings is 1. The van der Waals surface area contributed by atoms with Gasteiger partial charge in [0, 0.05) is 26.1 Å². The number of ether oxygens (including phenoxy) is 2. The molecule has 0 aliphatic carbocycles. The van der Waals surface area contributed by atoms with Crippen molar-refractivity contribution in [2.45, 2.75) is 24.5 Å². The molecule has 0 saturated heterocycles. The number of fused-ring (bicyclic) bond motifs is 1. The molecule has 1 aliphatic rings. The average molecular weight is 688 g/mol. The number of carbonyl (C=O) groups is 1. The Labute approximate surface area is 284 Å². The summed E-state index contributed by atoms with van der Waals surface area (Å²) in [7, 11) is 0. The first-order chi connectivity index (χ1) is 22.4. The van der Waals surface area contributed by atoms with Gasteiger partial charge in [0.15, 0.2) is 4.80 Å². The van der Waals surface area contributed by atoms with Crippen molar-refractivity contribution in [1.29, 1.82) is 0 Å². The summed E-state index contributed by atoms with van der Waals surface area (Å²) >= 11 is 15.2. The molecule has 232 valence electrons. The van der Waals surface area contributed by atoms with Crippen LogP contribution in [0.15, 0.2) is 117 Å². The van der Waals surface area contributed by atoms with Crippen molar-refractivity contribution in [2.24, 2.45) is 4.99 Å². The molecule has 0 bridgehead atoms. The first kappa shape index (κ1) is 31.9. The summed E-state index contributed by atoms with van der Waals surface area (Å²) < 4.78 is 13.7. The van der Waals surface area contributed by atoms with Crippen molar-refractivity contribution in [3.63, 3.8) is 0 Å². The number of halogens is 2. The molecule has 0 amide bonds. The molecule has 0 N–H and O–H groups in total. The zero-order chi connectivity index (χ0) is 32.2. The van der Waals surface area contributed by atoms with Crippen LogP contribution in [0, 0.1) is 0 Å². The molecule has 4 aromatic carbocycles. The van der Waals surface area contributed by atoms with Crippen molar-refractivity contribution in [3.05, 3.63) is 155 Å². The third-order valence-corrected chi connectivity index (χ3v) is 9.68. The van der Waals surface area contributed by atoms with E-state index in [9.17, 15) is 9.59 Å². The molecule has 0 saturated carbocycles. The van der Waals surface area contributed by atoms with E-state index < -0.39 is 12.0 Å². The Morgan fingerprint density at radius 3 is 2.50 bits per heavy atom. The van der Waals surface area contributed by atoms with Crippen molar-refractivity contribution < 1.29 is 14.3 Å². The van der Waals surface area contributed by atoms with Crippen molar-refractivity contribution in [3.8, 4) is 5.75 Å². The molecule has 1 aliphatic heterocycles. The summed E-state index contributed by atoms with van der Waals surface area (Å²) in [4.78, 5) is 34.3. The SMILES string of the molecule is CCOC(=O)C1=C(c2ccccc2)N=c2s/c(=C\c3cccc(OCc4ccc(Cl)cc4Cl)c3)c(=O)n2[C@H]1c1ccc(SC)cc1. The second-order valence-electron chi connectivity index (χ2n) is 10.3. The number of thioether (sulfide) groups is 1. The normalized spacial score (nSPS) is 14.5. The molecule has 2 heterocycles. The van der Waals surface area contributed by atoms with Gasteiger partial charge >= 0.3 is 5.97 Å². The number of hydrogen-bond acceptors (Lipinski definition) is 7. The van der Waals surface area contributed by atoms with Gasteiger partial charge in [-0.15, -0.1) is 11.8 Å². The van der Waals surface area contributed by atoms with E-state index in [0.29, 0.717) is 36.4 Å². The van der Waals surface area contributed by atoms with Gasteiger partial charge in [0.2, 0.25) is 0 Å².